The highest BCUT2D eigenvalue weighted by Gasteiger charge is 2.33. The maximum Gasteiger partial charge on any atom is 0.264 e. The van der Waals surface area contributed by atoms with Crippen LogP contribution in [-0.2, 0) is 26.0 Å². The molecule has 3 aromatic rings. The lowest BCUT2D eigenvalue weighted by molar-refractivity contribution is -0.139. The quantitative estimate of drug-likeness (QED) is 0.232. The molecule has 0 bridgehead atoms. The number of carbonyl (C=O) groups is 2. The number of hydrogen-bond donors (Lipinski definition) is 1. The molecule has 0 fully saturated rings. The smallest absolute Gasteiger partial charge is 0.264 e. The number of amides is 2. The summed E-state index contributed by atoms with van der Waals surface area (Å²) >= 11 is 0. The Balaban J connectivity index is 1.98. The van der Waals surface area contributed by atoms with Crippen LogP contribution in [0.2, 0.25) is 0 Å². The van der Waals surface area contributed by atoms with Gasteiger partial charge in [-0.1, -0.05) is 94.8 Å². The van der Waals surface area contributed by atoms with Crippen molar-refractivity contribution in [2.24, 2.45) is 0 Å². The zero-order valence-electron chi connectivity index (χ0n) is 24.6. The Morgan fingerprint density at radius 3 is 2.02 bits per heavy atom. The van der Waals surface area contributed by atoms with Gasteiger partial charge in [0.1, 0.15) is 12.6 Å². The number of sulfonamides is 1. The summed E-state index contributed by atoms with van der Waals surface area (Å²) in [6.07, 6.45) is 2.73. The van der Waals surface area contributed by atoms with E-state index in [1.54, 1.807) is 35.2 Å². The summed E-state index contributed by atoms with van der Waals surface area (Å²) in [6, 6.07) is 24.4. The Kier molecular flexibility index (Phi) is 12.0. The van der Waals surface area contributed by atoms with Crippen molar-refractivity contribution in [2.45, 2.75) is 70.2 Å². The summed E-state index contributed by atoms with van der Waals surface area (Å²) in [4.78, 5) is 29.0. The Morgan fingerprint density at radius 1 is 0.854 bits per heavy atom. The average Bonchev–Trinajstić information content (AvgIpc) is 2.99. The van der Waals surface area contributed by atoms with Crippen LogP contribution in [0.1, 0.15) is 64.0 Å². The monoisotopic (exact) mass is 577 g/mol. The standard InChI is InChI=1S/C33H43N3O4S/c1-5-7-23-34-33(38)31(6-2)35(24-22-27-14-10-8-11-15-27)32(37)25-36(29-20-18-28(19-21-29)26(3)4)41(39,40)30-16-12-9-13-17-30/h8-21,26,31H,5-7,22-25H2,1-4H3,(H,34,38). The Labute approximate surface area is 245 Å². The van der Waals surface area contributed by atoms with Gasteiger partial charge in [0.25, 0.3) is 10.0 Å². The van der Waals surface area contributed by atoms with Crippen molar-refractivity contribution in [3.05, 3.63) is 96.1 Å². The van der Waals surface area contributed by atoms with Gasteiger partial charge < -0.3 is 10.2 Å². The number of rotatable bonds is 15. The first kappa shape index (κ1) is 31.9. The highest BCUT2D eigenvalue weighted by molar-refractivity contribution is 7.92. The van der Waals surface area contributed by atoms with Gasteiger partial charge in [-0.05, 0) is 60.6 Å². The normalized spacial score (nSPS) is 12.1. The number of benzene rings is 3. The van der Waals surface area contributed by atoms with Crippen molar-refractivity contribution in [2.75, 3.05) is 23.9 Å². The van der Waals surface area contributed by atoms with Crippen molar-refractivity contribution >= 4 is 27.5 Å². The zero-order valence-corrected chi connectivity index (χ0v) is 25.4. The largest absolute Gasteiger partial charge is 0.354 e. The third kappa shape index (κ3) is 8.67. The van der Waals surface area contributed by atoms with Crippen LogP contribution in [-0.4, -0.2) is 50.8 Å². The highest BCUT2D eigenvalue weighted by Crippen LogP contribution is 2.26. The van der Waals surface area contributed by atoms with Crippen LogP contribution in [0.4, 0.5) is 5.69 Å². The summed E-state index contributed by atoms with van der Waals surface area (Å²) in [6.45, 7) is 8.45. The van der Waals surface area contributed by atoms with Gasteiger partial charge in [-0.25, -0.2) is 8.42 Å². The topological polar surface area (TPSA) is 86.8 Å². The number of unbranched alkanes of at least 4 members (excludes halogenated alkanes) is 1. The van der Waals surface area contributed by atoms with Gasteiger partial charge in [-0.2, -0.15) is 0 Å². The summed E-state index contributed by atoms with van der Waals surface area (Å²) in [7, 11) is -4.07. The average molecular weight is 578 g/mol. The summed E-state index contributed by atoms with van der Waals surface area (Å²) in [5, 5.41) is 2.96. The van der Waals surface area contributed by atoms with Crippen molar-refractivity contribution < 1.29 is 18.0 Å². The number of hydrogen-bond acceptors (Lipinski definition) is 4. The predicted octanol–water partition coefficient (Wildman–Crippen LogP) is 5.77. The van der Waals surface area contributed by atoms with Crippen molar-refractivity contribution in [1.82, 2.24) is 10.2 Å². The molecule has 0 aliphatic carbocycles. The minimum Gasteiger partial charge on any atom is -0.354 e. The van der Waals surface area contributed by atoms with E-state index in [0.717, 1.165) is 28.3 Å². The van der Waals surface area contributed by atoms with Gasteiger partial charge in [-0.15, -0.1) is 0 Å². The van der Waals surface area contributed by atoms with Crippen molar-refractivity contribution in [1.29, 1.82) is 0 Å². The first-order chi connectivity index (χ1) is 19.7. The van der Waals surface area contributed by atoms with E-state index in [-0.39, 0.29) is 23.3 Å². The molecule has 7 nitrogen and oxygen atoms in total. The number of nitrogens with one attached hydrogen (secondary N) is 1. The van der Waals surface area contributed by atoms with Crippen LogP contribution < -0.4 is 9.62 Å². The van der Waals surface area contributed by atoms with E-state index >= 15 is 0 Å². The van der Waals surface area contributed by atoms with Crippen LogP contribution in [0.3, 0.4) is 0 Å². The minimum atomic E-state index is -4.07. The summed E-state index contributed by atoms with van der Waals surface area (Å²) in [5.74, 6) is -0.373. The number of anilines is 1. The number of carbonyl (C=O) groups excluding carboxylic acids is 2. The van der Waals surface area contributed by atoms with Gasteiger partial charge >= 0.3 is 0 Å². The van der Waals surface area contributed by atoms with E-state index in [9.17, 15) is 18.0 Å². The molecular formula is C33H43N3O4S. The molecule has 8 heteroatoms. The lowest BCUT2D eigenvalue weighted by atomic mass is 10.0. The Hall–Kier alpha value is -3.65. The fourth-order valence-corrected chi connectivity index (χ4v) is 6.11. The van der Waals surface area contributed by atoms with Gasteiger partial charge in [0.2, 0.25) is 11.8 Å². The highest BCUT2D eigenvalue weighted by atomic mass is 32.2. The molecule has 0 radical (unpaired) electrons. The van der Waals surface area contributed by atoms with E-state index < -0.39 is 28.5 Å². The first-order valence-corrected chi connectivity index (χ1v) is 15.9. The SMILES string of the molecule is CCCCNC(=O)C(CC)N(CCc1ccccc1)C(=O)CN(c1ccc(C(C)C)cc1)S(=O)(=O)c1ccccc1. The van der Waals surface area contributed by atoms with Crippen LogP contribution in [0.5, 0.6) is 0 Å². The van der Waals surface area contributed by atoms with Gasteiger partial charge in [-0.3, -0.25) is 13.9 Å². The molecule has 220 valence electrons. The van der Waals surface area contributed by atoms with Crippen LogP contribution in [0.15, 0.2) is 89.8 Å². The molecular weight excluding hydrogens is 534 g/mol. The van der Waals surface area contributed by atoms with Crippen LogP contribution in [0, 0.1) is 0 Å². The maximum atomic E-state index is 14.1. The third-order valence-corrected chi connectivity index (χ3v) is 8.95. The van der Waals surface area contributed by atoms with E-state index in [1.807, 2.05) is 49.4 Å². The molecule has 2 amide bonds. The van der Waals surface area contributed by atoms with E-state index in [1.165, 1.54) is 12.1 Å². The molecule has 3 aromatic carbocycles. The predicted molar refractivity (Wildman–Crippen MR) is 165 cm³/mol. The minimum absolute atomic E-state index is 0.0981. The second-order valence-electron chi connectivity index (χ2n) is 10.5. The molecule has 0 saturated carbocycles. The first-order valence-electron chi connectivity index (χ1n) is 14.5. The molecule has 1 atom stereocenters. The molecule has 1 N–H and O–H groups in total. The summed E-state index contributed by atoms with van der Waals surface area (Å²) in [5.41, 5.74) is 2.50. The molecule has 0 aliphatic rings. The molecule has 0 aromatic heterocycles. The zero-order chi connectivity index (χ0) is 29.8. The molecule has 0 aliphatic heterocycles. The van der Waals surface area contributed by atoms with Gasteiger partial charge in [0.05, 0.1) is 10.6 Å². The fraction of sp³-hybridized carbons (Fsp3) is 0.394. The number of nitrogens with zero attached hydrogens (tertiary/aromatic N) is 2. The van der Waals surface area contributed by atoms with Crippen LogP contribution in [0.25, 0.3) is 0 Å². The second kappa shape index (κ2) is 15.4. The second-order valence-corrected chi connectivity index (χ2v) is 12.3. The lowest BCUT2D eigenvalue weighted by Crippen LogP contribution is -2.53. The summed E-state index contributed by atoms with van der Waals surface area (Å²) < 4.78 is 29.0. The van der Waals surface area contributed by atoms with Crippen molar-refractivity contribution in [3.63, 3.8) is 0 Å². The van der Waals surface area contributed by atoms with Crippen LogP contribution >= 0.6 is 0 Å². The molecule has 0 heterocycles. The van der Waals surface area contributed by atoms with E-state index in [4.69, 9.17) is 0 Å². The molecule has 0 spiro atoms. The van der Waals surface area contributed by atoms with Crippen molar-refractivity contribution in [3.8, 4) is 0 Å². The molecule has 0 saturated heterocycles. The fourth-order valence-electron chi connectivity index (χ4n) is 4.68. The molecule has 3 rings (SSSR count). The Morgan fingerprint density at radius 2 is 1.46 bits per heavy atom. The Bertz CT molecular complexity index is 1340. The molecule has 41 heavy (non-hydrogen) atoms. The van der Waals surface area contributed by atoms with Gasteiger partial charge in [0, 0.05) is 13.1 Å². The lowest BCUT2D eigenvalue weighted by Gasteiger charge is -2.33. The third-order valence-electron chi connectivity index (χ3n) is 7.16. The van der Waals surface area contributed by atoms with E-state index in [0.29, 0.717) is 25.1 Å². The van der Waals surface area contributed by atoms with E-state index in [2.05, 4.69) is 26.1 Å². The maximum absolute atomic E-state index is 14.1. The van der Waals surface area contributed by atoms with Gasteiger partial charge in [0.15, 0.2) is 0 Å². The molecule has 1 unspecified atom stereocenters.